The van der Waals surface area contributed by atoms with Crippen molar-refractivity contribution in [3.05, 3.63) is 21.9 Å². The van der Waals surface area contributed by atoms with Gasteiger partial charge in [0.15, 0.2) is 0 Å². The molecule has 1 amide bonds. The van der Waals surface area contributed by atoms with Gasteiger partial charge in [-0.05, 0) is 12.1 Å². The first kappa shape index (κ1) is 8.78. The summed E-state index contributed by atoms with van der Waals surface area (Å²) in [5.74, 6) is 4.71. The molecular formula is C8H7NO2S. The Bertz CT molecular complexity index is 345. The van der Waals surface area contributed by atoms with Gasteiger partial charge in [0.05, 0.1) is 9.75 Å². The molecule has 4 heteroatoms. The molecule has 1 aromatic heterocycles. The molecule has 0 unspecified atom stereocenters. The second-order valence-electron chi connectivity index (χ2n) is 1.99. The van der Waals surface area contributed by atoms with Crippen molar-refractivity contribution >= 4 is 17.2 Å². The Morgan fingerprint density at radius 3 is 2.92 bits per heavy atom. The lowest BCUT2D eigenvalue weighted by Crippen LogP contribution is -2.07. The second-order valence-corrected chi connectivity index (χ2v) is 3.07. The van der Waals surface area contributed by atoms with Crippen LogP contribution < -0.4 is 5.73 Å². The van der Waals surface area contributed by atoms with Crippen molar-refractivity contribution in [2.45, 2.75) is 0 Å². The molecule has 0 saturated heterocycles. The summed E-state index contributed by atoms with van der Waals surface area (Å²) in [4.78, 5) is 11.8. The number of rotatable bonds is 1. The van der Waals surface area contributed by atoms with E-state index >= 15 is 0 Å². The van der Waals surface area contributed by atoms with Gasteiger partial charge >= 0.3 is 0 Å². The lowest BCUT2D eigenvalue weighted by atomic mass is 10.4. The van der Waals surface area contributed by atoms with Crippen LogP contribution in [0, 0.1) is 11.8 Å². The number of primary amides is 1. The molecule has 12 heavy (non-hydrogen) atoms. The van der Waals surface area contributed by atoms with Gasteiger partial charge in [0, 0.05) is 0 Å². The van der Waals surface area contributed by atoms with Crippen LogP contribution in [0.4, 0.5) is 0 Å². The summed E-state index contributed by atoms with van der Waals surface area (Å²) < 4.78 is 0. The fourth-order valence-corrected chi connectivity index (χ4v) is 1.40. The number of hydrogen-bond donors (Lipinski definition) is 2. The fraction of sp³-hybridized carbons (Fsp3) is 0.125. The first-order valence-corrected chi connectivity index (χ1v) is 4.05. The molecule has 1 rings (SSSR count). The summed E-state index contributed by atoms with van der Waals surface area (Å²) in [6.45, 7) is -0.177. The molecule has 3 N–H and O–H groups in total. The number of thiophene rings is 1. The summed E-state index contributed by atoms with van der Waals surface area (Å²) in [6, 6.07) is 3.32. The first-order chi connectivity index (χ1) is 5.74. The minimum Gasteiger partial charge on any atom is -0.384 e. The topological polar surface area (TPSA) is 63.3 Å². The van der Waals surface area contributed by atoms with Crippen LogP contribution in [0.15, 0.2) is 12.1 Å². The molecule has 0 bridgehead atoms. The maximum atomic E-state index is 10.6. The lowest BCUT2D eigenvalue weighted by Gasteiger charge is -1.81. The standard InChI is InChI=1S/C8H7NO2S/c9-8(11)7-4-3-6(12-7)2-1-5-10/h3-4,10H,5H2,(H2,9,11). The maximum absolute atomic E-state index is 10.6. The predicted octanol–water partition coefficient (Wildman–Crippen LogP) is 0.191. The van der Waals surface area contributed by atoms with E-state index in [0.717, 1.165) is 4.88 Å². The zero-order chi connectivity index (χ0) is 8.97. The second kappa shape index (κ2) is 3.90. The Hall–Kier alpha value is -1.31. The van der Waals surface area contributed by atoms with Crippen molar-refractivity contribution in [2.75, 3.05) is 6.61 Å². The van der Waals surface area contributed by atoms with Crippen LogP contribution in [0.2, 0.25) is 0 Å². The minimum absolute atomic E-state index is 0.177. The van der Waals surface area contributed by atoms with E-state index in [4.69, 9.17) is 10.8 Å². The molecule has 0 aliphatic carbocycles. The van der Waals surface area contributed by atoms with Crippen LogP contribution in [0.25, 0.3) is 0 Å². The molecule has 0 atom stereocenters. The number of carbonyl (C=O) groups excluding carboxylic acids is 1. The summed E-state index contributed by atoms with van der Waals surface area (Å²) in [7, 11) is 0. The quantitative estimate of drug-likeness (QED) is 0.607. The minimum atomic E-state index is -0.447. The summed E-state index contributed by atoms with van der Waals surface area (Å²) in [5.41, 5.74) is 5.03. The summed E-state index contributed by atoms with van der Waals surface area (Å²) >= 11 is 1.22. The highest BCUT2D eigenvalue weighted by atomic mass is 32.1. The third-order valence-electron chi connectivity index (χ3n) is 1.14. The lowest BCUT2D eigenvalue weighted by molar-refractivity contribution is 0.100. The Labute approximate surface area is 73.8 Å². The average Bonchev–Trinajstić information content (AvgIpc) is 2.48. The van der Waals surface area contributed by atoms with Crippen LogP contribution in [0.3, 0.4) is 0 Å². The third-order valence-corrected chi connectivity index (χ3v) is 2.15. The van der Waals surface area contributed by atoms with Crippen molar-refractivity contribution < 1.29 is 9.90 Å². The van der Waals surface area contributed by atoms with E-state index in [9.17, 15) is 4.79 Å². The van der Waals surface area contributed by atoms with E-state index in [-0.39, 0.29) is 6.61 Å². The van der Waals surface area contributed by atoms with Crippen LogP contribution in [0.5, 0.6) is 0 Å². The number of aliphatic hydroxyl groups is 1. The molecule has 0 aliphatic heterocycles. The van der Waals surface area contributed by atoms with Gasteiger partial charge in [-0.1, -0.05) is 11.8 Å². The fourth-order valence-electron chi connectivity index (χ4n) is 0.664. The molecule has 0 radical (unpaired) electrons. The molecule has 0 aromatic carbocycles. The van der Waals surface area contributed by atoms with Gasteiger partial charge in [0.1, 0.15) is 6.61 Å². The third kappa shape index (κ3) is 2.09. The van der Waals surface area contributed by atoms with Crippen molar-refractivity contribution in [1.29, 1.82) is 0 Å². The van der Waals surface area contributed by atoms with Gasteiger partial charge < -0.3 is 10.8 Å². The zero-order valence-electron chi connectivity index (χ0n) is 6.20. The zero-order valence-corrected chi connectivity index (χ0v) is 7.02. The molecule has 0 fully saturated rings. The van der Waals surface area contributed by atoms with E-state index in [1.165, 1.54) is 11.3 Å². The van der Waals surface area contributed by atoms with Gasteiger partial charge in [0.25, 0.3) is 5.91 Å². The smallest absolute Gasteiger partial charge is 0.258 e. The van der Waals surface area contributed by atoms with Crippen molar-refractivity contribution in [2.24, 2.45) is 5.73 Å². The molecule has 0 aliphatic rings. The summed E-state index contributed by atoms with van der Waals surface area (Å²) in [6.07, 6.45) is 0. The Morgan fingerprint density at radius 1 is 1.67 bits per heavy atom. The van der Waals surface area contributed by atoms with E-state index in [0.29, 0.717) is 4.88 Å². The van der Waals surface area contributed by atoms with Crippen LogP contribution in [0.1, 0.15) is 14.5 Å². The highest BCUT2D eigenvalue weighted by Crippen LogP contribution is 2.13. The monoisotopic (exact) mass is 181 g/mol. The largest absolute Gasteiger partial charge is 0.384 e. The van der Waals surface area contributed by atoms with Gasteiger partial charge in [-0.25, -0.2) is 0 Å². The van der Waals surface area contributed by atoms with Crippen LogP contribution >= 0.6 is 11.3 Å². The molecular weight excluding hydrogens is 174 g/mol. The van der Waals surface area contributed by atoms with Crippen LogP contribution in [-0.4, -0.2) is 17.6 Å². The Morgan fingerprint density at radius 2 is 2.42 bits per heavy atom. The number of hydrogen-bond acceptors (Lipinski definition) is 3. The van der Waals surface area contributed by atoms with Crippen molar-refractivity contribution in [3.63, 3.8) is 0 Å². The van der Waals surface area contributed by atoms with Gasteiger partial charge in [-0.15, -0.1) is 11.3 Å². The molecule has 1 heterocycles. The van der Waals surface area contributed by atoms with Gasteiger partial charge in [-0.2, -0.15) is 0 Å². The van der Waals surface area contributed by atoms with Gasteiger partial charge in [-0.3, -0.25) is 4.79 Å². The highest BCUT2D eigenvalue weighted by molar-refractivity contribution is 7.14. The highest BCUT2D eigenvalue weighted by Gasteiger charge is 2.02. The summed E-state index contributed by atoms with van der Waals surface area (Å²) in [5, 5.41) is 8.38. The van der Waals surface area contributed by atoms with E-state index < -0.39 is 5.91 Å². The van der Waals surface area contributed by atoms with Crippen LogP contribution in [-0.2, 0) is 0 Å². The molecule has 3 nitrogen and oxygen atoms in total. The average molecular weight is 181 g/mol. The number of carbonyl (C=O) groups is 1. The Kier molecular flexibility index (Phi) is 2.86. The number of amides is 1. The first-order valence-electron chi connectivity index (χ1n) is 3.23. The van der Waals surface area contributed by atoms with E-state index in [2.05, 4.69) is 11.8 Å². The van der Waals surface area contributed by atoms with Crippen molar-refractivity contribution in [1.82, 2.24) is 0 Å². The normalized spacial score (nSPS) is 8.75. The Balaban J connectivity index is 2.84. The molecule has 0 spiro atoms. The number of aliphatic hydroxyl groups excluding tert-OH is 1. The van der Waals surface area contributed by atoms with Gasteiger partial charge in [0.2, 0.25) is 0 Å². The predicted molar refractivity (Wildman–Crippen MR) is 46.8 cm³/mol. The van der Waals surface area contributed by atoms with E-state index in [1.54, 1.807) is 12.1 Å². The molecule has 62 valence electrons. The maximum Gasteiger partial charge on any atom is 0.258 e. The molecule has 1 aromatic rings. The van der Waals surface area contributed by atoms with Crippen molar-refractivity contribution in [3.8, 4) is 11.8 Å². The number of nitrogens with two attached hydrogens (primary N) is 1. The molecule has 0 saturated carbocycles. The SMILES string of the molecule is NC(=O)c1ccc(C#CCO)s1. The van der Waals surface area contributed by atoms with E-state index in [1.807, 2.05) is 0 Å².